The Morgan fingerprint density at radius 2 is 2.25 bits per heavy atom. The van der Waals surface area contributed by atoms with Crippen LogP contribution in [0, 0.1) is 0 Å². The van der Waals surface area contributed by atoms with E-state index in [1.807, 2.05) is 6.92 Å². The minimum absolute atomic E-state index is 0.0564. The van der Waals surface area contributed by atoms with Crippen LogP contribution in [0.4, 0.5) is 0 Å². The van der Waals surface area contributed by atoms with Gasteiger partial charge in [0, 0.05) is 38.4 Å². The SMILES string of the molecule is C[C@H]1CN2C[C@H](NS(=O)(=O)c3cnn(C)c3)C[C@H]2CO1. The smallest absolute Gasteiger partial charge is 0.243 e. The molecule has 3 atom stereocenters. The van der Waals surface area contributed by atoms with Gasteiger partial charge in [0.2, 0.25) is 10.0 Å². The first-order chi connectivity index (χ1) is 9.44. The number of aryl methyl sites for hydroxylation is 1. The van der Waals surface area contributed by atoms with E-state index in [1.165, 1.54) is 17.1 Å². The van der Waals surface area contributed by atoms with Crippen molar-refractivity contribution >= 4 is 10.0 Å². The molecule has 1 aromatic rings. The normalized spacial score (nSPS) is 31.4. The average Bonchev–Trinajstić information content (AvgIpc) is 2.94. The largest absolute Gasteiger partial charge is 0.376 e. The molecule has 7 nitrogen and oxygen atoms in total. The Kier molecular flexibility index (Phi) is 3.57. The number of ether oxygens (including phenoxy) is 1. The van der Waals surface area contributed by atoms with E-state index in [2.05, 4.69) is 14.7 Å². The summed E-state index contributed by atoms with van der Waals surface area (Å²) in [5.74, 6) is 0. The van der Waals surface area contributed by atoms with Gasteiger partial charge in [-0.3, -0.25) is 9.58 Å². The second-order valence-corrected chi connectivity index (χ2v) is 7.37. The highest BCUT2D eigenvalue weighted by molar-refractivity contribution is 7.89. The number of hydrogen-bond acceptors (Lipinski definition) is 5. The van der Waals surface area contributed by atoms with Crippen LogP contribution in [0.15, 0.2) is 17.3 Å². The second-order valence-electron chi connectivity index (χ2n) is 5.66. The highest BCUT2D eigenvalue weighted by Crippen LogP contribution is 2.24. The van der Waals surface area contributed by atoms with E-state index in [0.29, 0.717) is 12.6 Å². The van der Waals surface area contributed by atoms with Crippen LogP contribution in [0.1, 0.15) is 13.3 Å². The van der Waals surface area contributed by atoms with Gasteiger partial charge in [-0.2, -0.15) is 5.10 Å². The Morgan fingerprint density at radius 3 is 2.95 bits per heavy atom. The van der Waals surface area contributed by atoms with Crippen molar-refractivity contribution < 1.29 is 13.2 Å². The molecule has 112 valence electrons. The van der Waals surface area contributed by atoms with Crippen LogP contribution in [-0.4, -0.2) is 61.0 Å². The lowest BCUT2D eigenvalue weighted by molar-refractivity contribution is -0.0390. The molecule has 0 saturated carbocycles. The molecule has 0 bridgehead atoms. The average molecular weight is 300 g/mol. The number of nitrogens with one attached hydrogen (secondary N) is 1. The van der Waals surface area contributed by atoms with Crippen molar-refractivity contribution in [2.24, 2.45) is 7.05 Å². The zero-order valence-corrected chi connectivity index (χ0v) is 12.5. The van der Waals surface area contributed by atoms with Crippen molar-refractivity contribution in [2.75, 3.05) is 19.7 Å². The topological polar surface area (TPSA) is 76.5 Å². The van der Waals surface area contributed by atoms with Crippen LogP contribution in [0.2, 0.25) is 0 Å². The number of aromatic nitrogens is 2. The van der Waals surface area contributed by atoms with E-state index in [1.54, 1.807) is 7.05 Å². The third kappa shape index (κ3) is 2.73. The number of fused-ring (bicyclic) bond motifs is 1. The lowest BCUT2D eigenvalue weighted by Crippen LogP contribution is -2.45. The summed E-state index contributed by atoms with van der Waals surface area (Å²) in [5, 5.41) is 3.91. The maximum atomic E-state index is 12.3. The molecule has 2 saturated heterocycles. The monoisotopic (exact) mass is 300 g/mol. The molecule has 0 aromatic carbocycles. The molecule has 8 heteroatoms. The molecule has 2 fully saturated rings. The van der Waals surface area contributed by atoms with E-state index in [-0.39, 0.29) is 17.0 Å². The van der Waals surface area contributed by atoms with Crippen molar-refractivity contribution in [2.45, 2.75) is 36.4 Å². The van der Waals surface area contributed by atoms with E-state index >= 15 is 0 Å². The summed E-state index contributed by atoms with van der Waals surface area (Å²) in [5.41, 5.74) is 0. The van der Waals surface area contributed by atoms with Crippen molar-refractivity contribution in [3.8, 4) is 0 Å². The Hall–Kier alpha value is -0.960. The molecular weight excluding hydrogens is 280 g/mol. The van der Waals surface area contributed by atoms with Gasteiger partial charge in [-0.1, -0.05) is 0 Å². The van der Waals surface area contributed by atoms with Gasteiger partial charge in [-0.05, 0) is 13.3 Å². The van der Waals surface area contributed by atoms with Gasteiger partial charge in [-0.25, -0.2) is 13.1 Å². The maximum absolute atomic E-state index is 12.3. The quantitative estimate of drug-likeness (QED) is 0.819. The molecule has 1 N–H and O–H groups in total. The van der Waals surface area contributed by atoms with Gasteiger partial charge in [0.1, 0.15) is 4.90 Å². The number of sulfonamides is 1. The number of rotatable bonds is 3. The third-order valence-corrected chi connectivity index (χ3v) is 5.38. The van der Waals surface area contributed by atoms with Gasteiger partial charge in [-0.15, -0.1) is 0 Å². The molecule has 0 spiro atoms. The minimum atomic E-state index is -3.48. The first-order valence-electron chi connectivity index (χ1n) is 6.80. The summed E-state index contributed by atoms with van der Waals surface area (Å²) >= 11 is 0. The summed E-state index contributed by atoms with van der Waals surface area (Å²) in [7, 11) is -1.78. The van der Waals surface area contributed by atoms with Crippen molar-refractivity contribution in [3.05, 3.63) is 12.4 Å². The van der Waals surface area contributed by atoms with Gasteiger partial charge in [0.15, 0.2) is 0 Å². The summed E-state index contributed by atoms with van der Waals surface area (Å²) in [6.07, 6.45) is 3.90. The van der Waals surface area contributed by atoms with E-state index < -0.39 is 10.0 Å². The third-order valence-electron chi connectivity index (χ3n) is 3.91. The van der Waals surface area contributed by atoms with E-state index in [4.69, 9.17) is 4.74 Å². The molecule has 2 aliphatic rings. The summed E-state index contributed by atoms with van der Waals surface area (Å²) in [6.45, 7) is 4.35. The van der Waals surface area contributed by atoms with Crippen molar-refractivity contribution in [1.82, 2.24) is 19.4 Å². The number of nitrogens with zero attached hydrogens (tertiary/aromatic N) is 3. The molecule has 3 heterocycles. The highest BCUT2D eigenvalue weighted by atomic mass is 32.2. The second kappa shape index (κ2) is 5.10. The molecule has 0 unspecified atom stereocenters. The van der Waals surface area contributed by atoms with E-state index in [9.17, 15) is 8.42 Å². The predicted octanol–water partition coefficient (Wildman–Crippen LogP) is -0.440. The Labute approximate surface area is 118 Å². The summed E-state index contributed by atoms with van der Waals surface area (Å²) in [6, 6.07) is 0.270. The predicted molar refractivity (Wildman–Crippen MR) is 72.7 cm³/mol. The first kappa shape index (κ1) is 14.0. The van der Waals surface area contributed by atoms with E-state index in [0.717, 1.165) is 19.5 Å². The molecule has 0 amide bonds. The molecule has 20 heavy (non-hydrogen) atoms. The first-order valence-corrected chi connectivity index (χ1v) is 8.29. The fourth-order valence-corrected chi connectivity index (χ4v) is 4.17. The molecule has 1 aromatic heterocycles. The fourth-order valence-electron chi connectivity index (χ4n) is 2.95. The highest BCUT2D eigenvalue weighted by Gasteiger charge is 2.38. The Bertz CT molecular complexity index is 585. The van der Waals surface area contributed by atoms with Crippen LogP contribution >= 0.6 is 0 Å². The molecule has 3 rings (SSSR count). The molecule has 0 aliphatic carbocycles. The summed E-state index contributed by atoms with van der Waals surface area (Å²) < 4.78 is 34.4. The van der Waals surface area contributed by atoms with Crippen LogP contribution in [0.25, 0.3) is 0 Å². The standard InChI is InChI=1S/C12H20N4O3S/c1-9-5-16-6-10(3-11(16)8-19-9)14-20(17,18)12-4-13-15(2)7-12/h4,7,9-11,14H,3,5-6,8H2,1-2H3/t9-,10+,11-/m0/s1. The fraction of sp³-hybridized carbons (Fsp3) is 0.750. The lowest BCUT2D eigenvalue weighted by Gasteiger charge is -2.33. The van der Waals surface area contributed by atoms with Gasteiger partial charge < -0.3 is 4.74 Å². The zero-order valence-electron chi connectivity index (χ0n) is 11.7. The van der Waals surface area contributed by atoms with Crippen LogP contribution in [0.5, 0.6) is 0 Å². The van der Waals surface area contributed by atoms with Gasteiger partial charge in [0.05, 0.1) is 18.9 Å². The lowest BCUT2D eigenvalue weighted by atomic mass is 10.2. The molecule has 2 aliphatic heterocycles. The molecular formula is C12H20N4O3S. The molecule has 0 radical (unpaired) electrons. The van der Waals surface area contributed by atoms with Gasteiger partial charge >= 0.3 is 0 Å². The van der Waals surface area contributed by atoms with Gasteiger partial charge in [0.25, 0.3) is 0 Å². The number of hydrogen-bond donors (Lipinski definition) is 1. The summed E-state index contributed by atoms with van der Waals surface area (Å²) in [4.78, 5) is 2.53. The minimum Gasteiger partial charge on any atom is -0.376 e. The van der Waals surface area contributed by atoms with Crippen molar-refractivity contribution in [3.63, 3.8) is 0 Å². The van der Waals surface area contributed by atoms with Crippen molar-refractivity contribution in [1.29, 1.82) is 0 Å². The Morgan fingerprint density at radius 1 is 1.45 bits per heavy atom. The Balaban J connectivity index is 1.67. The zero-order chi connectivity index (χ0) is 14.3. The number of morpholine rings is 1. The van der Waals surface area contributed by atoms with Crippen LogP contribution in [-0.2, 0) is 21.8 Å². The maximum Gasteiger partial charge on any atom is 0.243 e. The van der Waals surface area contributed by atoms with Crippen LogP contribution in [0.3, 0.4) is 0 Å². The van der Waals surface area contributed by atoms with Crippen LogP contribution < -0.4 is 4.72 Å².